The average Bonchev–Trinajstić information content (AvgIpc) is 3.04. The summed E-state index contributed by atoms with van der Waals surface area (Å²) in [7, 11) is -3.46. The molecule has 0 saturated heterocycles. The zero-order valence-electron chi connectivity index (χ0n) is 11.4. The van der Waals surface area contributed by atoms with Crippen LogP contribution in [0.25, 0.3) is 0 Å². The van der Waals surface area contributed by atoms with Crippen molar-refractivity contribution in [1.29, 1.82) is 0 Å². The minimum Gasteiger partial charge on any atom is -0.309 e. The Kier molecular flexibility index (Phi) is 5.00. The Hall–Kier alpha value is -0.990. The van der Waals surface area contributed by atoms with Crippen molar-refractivity contribution in [3.05, 3.63) is 46.1 Å². The molecule has 1 aliphatic heterocycles. The van der Waals surface area contributed by atoms with E-state index < -0.39 is 10.0 Å². The predicted octanol–water partition coefficient (Wildman–Crippen LogP) is 1.96. The molecule has 114 valence electrons. The minimum atomic E-state index is -3.46. The Morgan fingerprint density at radius 2 is 2.10 bits per heavy atom. The SMILES string of the molecule is Cc1ncc(S(=O)(=O)NCc2ccc3c(c2)CNC3)s1.Cl. The minimum absolute atomic E-state index is 0. The summed E-state index contributed by atoms with van der Waals surface area (Å²) in [5, 5.41) is 4.02. The smallest absolute Gasteiger partial charge is 0.251 e. The summed E-state index contributed by atoms with van der Waals surface area (Å²) in [6.07, 6.45) is 1.40. The zero-order valence-corrected chi connectivity index (χ0v) is 13.9. The molecule has 5 nitrogen and oxygen atoms in total. The van der Waals surface area contributed by atoms with E-state index in [1.54, 1.807) is 6.92 Å². The lowest BCUT2D eigenvalue weighted by Gasteiger charge is -2.06. The van der Waals surface area contributed by atoms with E-state index >= 15 is 0 Å². The van der Waals surface area contributed by atoms with Crippen LogP contribution in [0.2, 0.25) is 0 Å². The van der Waals surface area contributed by atoms with Crippen LogP contribution in [0, 0.1) is 6.92 Å². The molecule has 1 aromatic carbocycles. The molecule has 1 aliphatic rings. The molecule has 0 atom stereocenters. The van der Waals surface area contributed by atoms with Gasteiger partial charge in [-0.05, 0) is 23.6 Å². The van der Waals surface area contributed by atoms with Crippen LogP contribution in [-0.4, -0.2) is 13.4 Å². The molecule has 2 aromatic rings. The number of aromatic nitrogens is 1. The van der Waals surface area contributed by atoms with Gasteiger partial charge in [-0.25, -0.2) is 18.1 Å². The lowest BCUT2D eigenvalue weighted by molar-refractivity contribution is 0.583. The van der Waals surface area contributed by atoms with E-state index in [9.17, 15) is 8.42 Å². The summed E-state index contributed by atoms with van der Waals surface area (Å²) in [5.41, 5.74) is 3.50. The predicted molar refractivity (Wildman–Crippen MR) is 85.1 cm³/mol. The van der Waals surface area contributed by atoms with Crippen LogP contribution in [-0.2, 0) is 29.7 Å². The monoisotopic (exact) mass is 345 g/mol. The van der Waals surface area contributed by atoms with E-state index in [1.807, 2.05) is 6.07 Å². The Morgan fingerprint density at radius 1 is 1.33 bits per heavy atom. The second-order valence-corrected chi connectivity index (χ2v) is 7.96. The first kappa shape index (κ1) is 16.4. The van der Waals surface area contributed by atoms with Gasteiger partial charge in [0.2, 0.25) is 0 Å². The van der Waals surface area contributed by atoms with Gasteiger partial charge in [-0.15, -0.1) is 23.7 Å². The molecule has 2 N–H and O–H groups in total. The van der Waals surface area contributed by atoms with Crippen molar-refractivity contribution in [3.63, 3.8) is 0 Å². The number of sulfonamides is 1. The van der Waals surface area contributed by atoms with Crippen molar-refractivity contribution in [2.45, 2.75) is 30.8 Å². The Labute approximate surface area is 134 Å². The quantitative estimate of drug-likeness (QED) is 0.888. The summed E-state index contributed by atoms with van der Waals surface area (Å²) in [4.78, 5) is 3.98. The first-order chi connectivity index (χ1) is 9.54. The molecule has 21 heavy (non-hydrogen) atoms. The van der Waals surface area contributed by atoms with Gasteiger partial charge < -0.3 is 5.32 Å². The molecule has 0 spiro atoms. The van der Waals surface area contributed by atoms with E-state index in [-0.39, 0.29) is 16.6 Å². The maximum Gasteiger partial charge on any atom is 0.251 e. The number of rotatable bonds is 4. The lowest BCUT2D eigenvalue weighted by Crippen LogP contribution is -2.22. The fourth-order valence-corrected chi connectivity index (χ4v) is 4.34. The number of benzene rings is 1. The Bertz CT molecular complexity index is 744. The van der Waals surface area contributed by atoms with Gasteiger partial charge in [0, 0.05) is 19.6 Å². The van der Waals surface area contributed by atoms with Gasteiger partial charge in [0.15, 0.2) is 4.21 Å². The molecule has 0 amide bonds. The van der Waals surface area contributed by atoms with Gasteiger partial charge in [-0.3, -0.25) is 0 Å². The van der Waals surface area contributed by atoms with Crippen molar-refractivity contribution in [2.75, 3.05) is 0 Å². The van der Waals surface area contributed by atoms with Crippen LogP contribution < -0.4 is 10.0 Å². The van der Waals surface area contributed by atoms with Gasteiger partial charge in [-0.1, -0.05) is 18.2 Å². The first-order valence-corrected chi connectivity index (χ1v) is 8.58. The van der Waals surface area contributed by atoms with Crippen molar-refractivity contribution in [1.82, 2.24) is 15.0 Å². The van der Waals surface area contributed by atoms with E-state index in [0.29, 0.717) is 6.54 Å². The van der Waals surface area contributed by atoms with Gasteiger partial charge in [0.1, 0.15) is 0 Å². The van der Waals surface area contributed by atoms with Crippen LogP contribution in [0.5, 0.6) is 0 Å². The van der Waals surface area contributed by atoms with E-state index in [2.05, 4.69) is 27.2 Å². The third kappa shape index (κ3) is 3.61. The van der Waals surface area contributed by atoms with Crippen LogP contribution in [0.4, 0.5) is 0 Å². The summed E-state index contributed by atoms with van der Waals surface area (Å²) < 4.78 is 27.1. The Morgan fingerprint density at radius 3 is 2.81 bits per heavy atom. The highest BCUT2D eigenvalue weighted by Crippen LogP contribution is 2.19. The highest BCUT2D eigenvalue weighted by Gasteiger charge is 2.17. The number of hydrogen-bond donors (Lipinski definition) is 2. The average molecular weight is 346 g/mol. The van der Waals surface area contributed by atoms with Gasteiger partial charge in [0.25, 0.3) is 10.0 Å². The number of nitrogens with zero attached hydrogens (tertiary/aromatic N) is 1. The van der Waals surface area contributed by atoms with E-state index in [4.69, 9.17) is 0 Å². The van der Waals surface area contributed by atoms with Crippen LogP contribution >= 0.6 is 23.7 Å². The molecular weight excluding hydrogens is 330 g/mol. The standard InChI is InChI=1S/C13H15N3O2S2.ClH/c1-9-15-8-13(19-9)20(17,18)16-5-10-2-3-11-6-14-7-12(11)4-10;/h2-4,8,14,16H,5-7H2,1H3;1H. The molecule has 2 heterocycles. The zero-order chi connectivity index (χ0) is 14.2. The molecule has 0 unspecified atom stereocenters. The van der Waals surface area contributed by atoms with E-state index in [1.165, 1.54) is 28.7 Å². The van der Waals surface area contributed by atoms with Crippen molar-refractivity contribution >= 4 is 33.8 Å². The van der Waals surface area contributed by atoms with Crippen LogP contribution in [0.15, 0.2) is 28.6 Å². The second-order valence-electron chi connectivity index (χ2n) is 4.73. The van der Waals surface area contributed by atoms with Gasteiger partial charge >= 0.3 is 0 Å². The number of aryl methyl sites for hydroxylation is 1. The molecule has 0 saturated carbocycles. The summed E-state index contributed by atoms with van der Waals surface area (Å²) in [5.74, 6) is 0. The molecule has 0 fully saturated rings. The van der Waals surface area contributed by atoms with Crippen molar-refractivity contribution < 1.29 is 8.42 Å². The molecular formula is C13H16ClN3O2S2. The lowest BCUT2D eigenvalue weighted by atomic mass is 10.1. The number of halogens is 1. The van der Waals surface area contributed by atoms with Crippen LogP contribution in [0.3, 0.4) is 0 Å². The summed E-state index contributed by atoms with van der Waals surface area (Å²) in [6, 6.07) is 6.07. The molecule has 0 radical (unpaired) electrons. The molecule has 3 rings (SSSR count). The third-order valence-corrected chi connectivity index (χ3v) is 6.01. The molecule has 1 aromatic heterocycles. The first-order valence-electron chi connectivity index (χ1n) is 6.28. The fraction of sp³-hybridized carbons (Fsp3) is 0.308. The summed E-state index contributed by atoms with van der Waals surface area (Å²) in [6.45, 7) is 3.83. The van der Waals surface area contributed by atoms with Gasteiger partial charge in [-0.2, -0.15) is 0 Å². The largest absolute Gasteiger partial charge is 0.309 e. The van der Waals surface area contributed by atoms with E-state index in [0.717, 1.165) is 23.7 Å². The normalized spacial score (nSPS) is 13.8. The maximum absolute atomic E-state index is 12.1. The number of thiazole rings is 1. The molecule has 8 heteroatoms. The second kappa shape index (κ2) is 6.41. The summed E-state index contributed by atoms with van der Waals surface area (Å²) >= 11 is 1.18. The number of fused-ring (bicyclic) bond motifs is 1. The molecule has 0 bridgehead atoms. The fourth-order valence-electron chi connectivity index (χ4n) is 2.17. The third-order valence-electron chi connectivity index (χ3n) is 3.23. The number of hydrogen-bond acceptors (Lipinski definition) is 5. The van der Waals surface area contributed by atoms with Crippen molar-refractivity contribution in [3.8, 4) is 0 Å². The Balaban J connectivity index is 0.00000161. The number of nitrogens with one attached hydrogen (secondary N) is 2. The highest BCUT2D eigenvalue weighted by atomic mass is 35.5. The maximum atomic E-state index is 12.1. The topological polar surface area (TPSA) is 71.1 Å². The van der Waals surface area contributed by atoms with Gasteiger partial charge in [0.05, 0.1) is 11.2 Å². The van der Waals surface area contributed by atoms with Crippen LogP contribution in [0.1, 0.15) is 21.7 Å². The van der Waals surface area contributed by atoms with Crippen molar-refractivity contribution in [2.24, 2.45) is 0 Å². The molecule has 0 aliphatic carbocycles. The highest BCUT2D eigenvalue weighted by molar-refractivity contribution is 7.91.